The van der Waals surface area contributed by atoms with Gasteiger partial charge in [-0.2, -0.15) is 5.26 Å². The quantitative estimate of drug-likeness (QED) is 0.841. The molecule has 0 N–H and O–H groups in total. The molecule has 3 rings (SSSR count). The molecular formula is C17H15N3O3. The zero-order chi connectivity index (χ0) is 16.2. The van der Waals surface area contributed by atoms with E-state index >= 15 is 0 Å². The number of furan rings is 1. The van der Waals surface area contributed by atoms with Crippen molar-refractivity contribution in [2.45, 2.75) is 18.9 Å². The number of likely N-dealkylation sites (tertiary alicyclic amines) is 1. The molecule has 6 heteroatoms. The fourth-order valence-corrected chi connectivity index (χ4v) is 2.76. The number of hydrogen-bond acceptors (Lipinski definition) is 5. The minimum Gasteiger partial charge on any atom is -0.467 e. The number of hydrogen-bond donors (Lipinski definition) is 0. The van der Waals surface area contributed by atoms with Gasteiger partial charge in [0.25, 0.3) is 0 Å². The van der Waals surface area contributed by atoms with Crippen LogP contribution in [0.2, 0.25) is 0 Å². The lowest BCUT2D eigenvalue weighted by molar-refractivity contribution is -0.129. The number of nitrogens with zero attached hydrogens (tertiary/aromatic N) is 3. The minimum atomic E-state index is -0.933. The molecule has 1 aliphatic rings. The number of pyridine rings is 1. The van der Waals surface area contributed by atoms with E-state index in [1.54, 1.807) is 47.7 Å². The smallest absolute Gasteiger partial charge is 0.223 e. The average Bonchev–Trinajstić information content (AvgIpc) is 3.20. The summed E-state index contributed by atoms with van der Waals surface area (Å²) in [6, 6.07) is 10.7. The maximum atomic E-state index is 12.6. The number of amides is 1. The Morgan fingerprint density at radius 2 is 2.30 bits per heavy atom. The molecule has 116 valence electrons. The Hall–Kier alpha value is -2.94. The van der Waals surface area contributed by atoms with Gasteiger partial charge in [0.15, 0.2) is 5.78 Å². The molecule has 1 fully saturated rings. The van der Waals surface area contributed by atoms with Gasteiger partial charge >= 0.3 is 0 Å². The highest BCUT2D eigenvalue weighted by Crippen LogP contribution is 2.27. The van der Waals surface area contributed by atoms with Gasteiger partial charge in [0.05, 0.1) is 24.6 Å². The lowest BCUT2D eigenvalue weighted by Crippen LogP contribution is -2.27. The van der Waals surface area contributed by atoms with Gasteiger partial charge in [-0.1, -0.05) is 6.07 Å². The summed E-state index contributed by atoms with van der Waals surface area (Å²) in [5.41, 5.74) is 0.428. The van der Waals surface area contributed by atoms with Gasteiger partial charge in [0.1, 0.15) is 11.7 Å². The van der Waals surface area contributed by atoms with Crippen LogP contribution in [0.25, 0.3) is 0 Å². The first-order valence-electron chi connectivity index (χ1n) is 7.33. The standard InChI is InChI=1S/C17H15N3O3/c18-9-14(15-5-1-2-6-19-15)17(22)12-8-16(21)20(10-12)11-13-4-3-7-23-13/h1-7,12,14H,8,10-11H2/t12-,14+/m0/s1. The lowest BCUT2D eigenvalue weighted by atomic mass is 9.90. The summed E-state index contributed by atoms with van der Waals surface area (Å²) in [5, 5.41) is 9.33. The molecule has 2 aromatic heterocycles. The Kier molecular flexibility index (Phi) is 4.20. The first-order chi connectivity index (χ1) is 11.2. The Morgan fingerprint density at radius 1 is 1.43 bits per heavy atom. The number of carbonyl (C=O) groups excluding carboxylic acids is 2. The van der Waals surface area contributed by atoms with E-state index in [0.717, 1.165) is 0 Å². The van der Waals surface area contributed by atoms with Crippen molar-refractivity contribution >= 4 is 11.7 Å². The highest BCUT2D eigenvalue weighted by atomic mass is 16.3. The van der Waals surface area contributed by atoms with Crippen molar-refractivity contribution in [2.75, 3.05) is 6.54 Å². The summed E-state index contributed by atoms with van der Waals surface area (Å²) in [6.07, 6.45) is 3.23. The Bertz CT molecular complexity index is 734. The second-order valence-corrected chi connectivity index (χ2v) is 5.47. The summed E-state index contributed by atoms with van der Waals surface area (Å²) >= 11 is 0. The van der Waals surface area contributed by atoms with Crippen LogP contribution in [0.1, 0.15) is 23.8 Å². The molecule has 0 spiro atoms. The fourth-order valence-electron chi connectivity index (χ4n) is 2.76. The van der Waals surface area contributed by atoms with Crippen LogP contribution in [-0.4, -0.2) is 28.1 Å². The van der Waals surface area contributed by atoms with Crippen molar-refractivity contribution in [1.82, 2.24) is 9.88 Å². The molecule has 0 saturated carbocycles. The van der Waals surface area contributed by atoms with E-state index < -0.39 is 11.8 Å². The van der Waals surface area contributed by atoms with E-state index in [1.807, 2.05) is 6.07 Å². The predicted octanol–water partition coefficient (Wildman–Crippen LogP) is 1.90. The Morgan fingerprint density at radius 3 is 2.96 bits per heavy atom. The molecule has 23 heavy (non-hydrogen) atoms. The largest absolute Gasteiger partial charge is 0.467 e. The summed E-state index contributed by atoms with van der Waals surface area (Å²) in [4.78, 5) is 30.4. The highest BCUT2D eigenvalue weighted by molar-refractivity contribution is 5.95. The van der Waals surface area contributed by atoms with Crippen LogP contribution in [-0.2, 0) is 16.1 Å². The lowest BCUT2D eigenvalue weighted by Gasteiger charge is -2.16. The minimum absolute atomic E-state index is 0.0996. The van der Waals surface area contributed by atoms with Crippen molar-refractivity contribution in [1.29, 1.82) is 5.26 Å². The van der Waals surface area contributed by atoms with Crippen LogP contribution in [0.3, 0.4) is 0 Å². The van der Waals surface area contributed by atoms with Gasteiger partial charge in [-0.25, -0.2) is 0 Å². The maximum Gasteiger partial charge on any atom is 0.223 e. The number of rotatable bonds is 5. The van der Waals surface area contributed by atoms with E-state index in [-0.39, 0.29) is 18.1 Å². The Balaban J connectivity index is 1.71. The number of Topliss-reactive ketones (excluding diaryl/α,β-unsaturated/α-hetero) is 1. The normalized spacial score (nSPS) is 18.7. The van der Waals surface area contributed by atoms with Crippen LogP contribution >= 0.6 is 0 Å². The molecule has 0 aromatic carbocycles. The number of aromatic nitrogens is 1. The molecule has 2 atom stereocenters. The molecular weight excluding hydrogens is 294 g/mol. The molecule has 0 bridgehead atoms. The first-order valence-corrected chi connectivity index (χ1v) is 7.33. The predicted molar refractivity (Wildman–Crippen MR) is 79.8 cm³/mol. The van der Waals surface area contributed by atoms with Gasteiger partial charge in [-0.05, 0) is 24.3 Å². The average molecular weight is 309 g/mol. The SMILES string of the molecule is N#C[C@@H](C(=O)[C@H]1CC(=O)N(Cc2ccco2)C1)c1ccccn1. The van der Waals surface area contributed by atoms with Gasteiger partial charge in [0, 0.05) is 25.1 Å². The van der Waals surface area contributed by atoms with Crippen molar-refractivity contribution in [3.05, 3.63) is 54.2 Å². The third kappa shape index (κ3) is 3.14. The van der Waals surface area contributed by atoms with Crippen molar-refractivity contribution in [3.8, 4) is 6.07 Å². The molecule has 1 amide bonds. The molecule has 6 nitrogen and oxygen atoms in total. The maximum absolute atomic E-state index is 12.6. The third-order valence-corrected chi connectivity index (χ3v) is 3.94. The van der Waals surface area contributed by atoms with Crippen LogP contribution in [0.15, 0.2) is 47.2 Å². The molecule has 0 radical (unpaired) electrons. The Labute approximate surface area is 133 Å². The van der Waals surface area contributed by atoms with Crippen molar-refractivity contribution in [2.24, 2.45) is 5.92 Å². The van der Waals surface area contributed by atoms with Crippen molar-refractivity contribution in [3.63, 3.8) is 0 Å². The molecule has 2 aromatic rings. The van der Waals surface area contributed by atoms with Gasteiger partial charge in [0.2, 0.25) is 5.91 Å². The highest BCUT2D eigenvalue weighted by Gasteiger charge is 2.38. The number of ketones is 1. The topological polar surface area (TPSA) is 87.2 Å². The molecule has 0 aliphatic carbocycles. The van der Waals surface area contributed by atoms with E-state index in [4.69, 9.17) is 4.42 Å². The fraction of sp³-hybridized carbons (Fsp3) is 0.294. The zero-order valence-electron chi connectivity index (χ0n) is 12.4. The van der Waals surface area contributed by atoms with E-state index in [2.05, 4.69) is 4.98 Å². The summed E-state index contributed by atoms with van der Waals surface area (Å²) < 4.78 is 5.24. The van der Waals surface area contributed by atoms with E-state index in [1.165, 1.54) is 0 Å². The molecule has 1 aliphatic heterocycles. The van der Waals surface area contributed by atoms with Crippen molar-refractivity contribution < 1.29 is 14.0 Å². The number of carbonyl (C=O) groups is 2. The zero-order valence-corrected chi connectivity index (χ0v) is 12.4. The first kappa shape index (κ1) is 15.0. The van der Waals surface area contributed by atoms with Crippen LogP contribution in [0.4, 0.5) is 0 Å². The summed E-state index contributed by atoms with van der Waals surface area (Å²) in [6.45, 7) is 0.653. The molecule has 0 unspecified atom stereocenters. The van der Waals surface area contributed by atoms with Gasteiger partial charge in [-0.3, -0.25) is 14.6 Å². The number of nitriles is 1. The van der Waals surface area contributed by atoms with E-state index in [0.29, 0.717) is 24.5 Å². The van der Waals surface area contributed by atoms with Crippen LogP contribution < -0.4 is 0 Å². The summed E-state index contributed by atoms with van der Waals surface area (Å²) in [5.74, 6) is -1.09. The second kappa shape index (κ2) is 6.44. The van der Waals surface area contributed by atoms with Crippen LogP contribution in [0, 0.1) is 17.2 Å². The molecule has 1 saturated heterocycles. The van der Waals surface area contributed by atoms with E-state index in [9.17, 15) is 14.9 Å². The summed E-state index contributed by atoms with van der Waals surface area (Å²) in [7, 11) is 0. The monoisotopic (exact) mass is 309 g/mol. The van der Waals surface area contributed by atoms with Gasteiger partial charge < -0.3 is 9.32 Å². The van der Waals surface area contributed by atoms with Crippen LogP contribution in [0.5, 0.6) is 0 Å². The molecule has 3 heterocycles. The third-order valence-electron chi connectivity index (χ3n) is 3.94. The van der Waals surface area contributed by atoms with Gasteiger partial charge in [-0.15, -0.1) is 0 Å². The second-order valence-electron chi connectivity index (χ2n) is 5.47.